The molecule has 0 fully saturated rings. The van der Waals surface area contributed by atoms with Crippen LogP contribution in [-0.4, -0.2) is 13.7 Å². The third kappa shape index (κ3) is 3.96. The number of hydrogen-bond donors (Lipinski definition) is 1. The molecule has 0 spiro atoms. The molecule has 21 heavy (non-hydrogen) atoms. The van der Waals surface area contributed by atoms with E-state index in [1.165, 1.54) is 6.07 Å². The largest absolute Gasteiger partial charge is 0.497 e. The van der Waals surface area contributed by atoms with Crippen LogP contribution in [0.2, 0.25) is 5.02 Å². The van der Waals surface area contributed by atoms with Gasteiger partial charge < -0.3 is 10.1 Å². The summed E-state index contributed by atoms with van der Waals surface area (Å²) in [5, 5.41) is 3.61. The molecule has 0 heterocycles. The second-order valence-electron chi connectivity index (χ2n) is 4.80. The van der Waals surface area contributed by atoms with E-state index in [0.29, 0.717) is 6.42 Å². The minimum Gasteiger partial charge on any atom is -0.497 e. The lowest BCUT2D eigenvalue weighted by Crippen LogP contribution is -2.23. The van der Waals surface area contributed by atoms with Crippen molar-refractivity contribution in [3.05, 3.63) is 64.4 Å². The summed E-state index contributed by atoms with van der Waals surface area (Å²) in [7, 11) is 1.64. The number of rotatable bonds is 6. The molecule has 0 aliphatic carbocycles. The number of ether oxygens (including phenoxy) is 1. The number of halogens is 2. The van der Waals surface area contributed by atoms with Gasteiger partial charge in [-0.15, -0.1) is 0 Å². The maximum Gasteiger partial charge on any atom is 0.142 e. The first-order valence-corrected chi connectivity index (χ1v) is 7.33. The Labute approximate surface area is 129 Å². The fourth-order valence-corrected chi connectivity index (χ4v) is 2.54. The molecular weight excluding hydrogens is 289 g/mol. The van der Waals surface area contributed by atoms with Gasteiger partial charge in [-0.25, -0.2) is 4.39 Å². The van der Waals surface area contributed by atoms with Gasteiger partial charge in [-0.05, 0) is 42.3 Å². The van der Waals surface area contributed by atoms with Gasteiger partial charge in [-0.2, -0.15) is 0 Å². The number of likely N-dealkylation sites (N-methyl/N-ethyl adjacent to an activating group) is 1. The first-order chi connectivity index (χ1) is 10.2. The van der Waals surface area contributed by atoms with Gasteiger partial charge in [0.05, 0.1) is 12.1 Å². The van der Waals surface area contributed by atoms with Crippen LogP contribution >= 0.6 is 11.6 Å². The molecule has 2 rings (SSSR count). The summed E-state index contributed by atoms with van der Waals surface area (Å²) >= 11 is 6.06. The number of benzene rings is 2. The Morgan fingerprint density at radius 1 is 1.24 bits per heavy atom. The molecule has 1 N–H and O–H groups in total. The summed E-state index contributed by atoms with van der Waals surface area (Å²) in [6.07, 6.45) is 0.623. The van der Waals surface area contributed by atoms with Gasteiger partial charge >= 0.3 is 0 Å². The van der Waals surface area contributed by atoms with Crippen molar-refractivity contribution in [2.45, 2.75) is 19.4 Å². The van der Waals surface area contributed by atoms with Crippen LogP contribution in [0, 0.1) is 5.82 Å². The zero-order valence-corrected chi connectivity index (χ0v) is 13.0. The second kappa shape index (κ2) is 7.43. The molecule has 2 aromatic rings. The van der Waals surface area contributed by atoms with Gasteiger partial charge in [-0.1, -0.05) is 42.8 Å². The molecule has 0 aliphatic heterocycles. The average molecular weight is 308 g/mol. The molecule has 2 aromatic carbocycles. The van der Waals surface area contributed by atoms with Crippen molar-refractivity contribution in [2.75, 3.05) is 13.7 Å². The molecule has 4 heteroatoms. The molecule has 0 radical (unpaired) electrons. The quantitative estimate of drug-likeness (QED) is 0.855. The highest BCUT2D eigenvalue weighted by atomic mass is 35.5. The van der Waals surface area contributed by atoms with Crippen molar-refractivity contribution >= 4 is 11.6 Å². The highest BCUT2D eigenvalue weighted by molar-refractivity contribution is 6.31. The van der Waals surface area contributed by atoms with Gasteiger partial charge in [0.2, 0.25) is 0 Å². The molecule has 0 saturated carbocycles. The van der Waals surface area contributed by atoms with Crippen LogP contribution in [0.3, 0.4) is 0 Å². The summed E-state index contributed by atoms with van der Waals surface area (Å²) < 4.78 is 18.8. The van der Waals surface area contributed by atoms with Crippen molar-refractivity contribution in [1.82, 2.24) is 5.32 Å². The maximum atomic E-state index is 13.6. The standard InChI is InChI=1S/C17H19ClFNO/c1-3-20-16(12-6-4-8-14(10-12)21-2)11-13-7-5-9-15(19)17(13)18/h4-10,16,20H,3,11H2,1-2H3. The molecule has 1 unspecified atom stereocenters. The molecule has 0 saturated heterocycles. The first-order valence-electron chi connectivity index (χ1n) is 6.96. The van der Waals surface area contributed by atoms with Gasteiger partial charge in [0, 0.05) is 6.04 Å². The molecule has 0 bridgehead atoms. The van der Waals surface area contributed by atoms with Crippen molar-refractivity contribution in [1.29, 1.82) is 0 Å². The van der Waals surface area contributed by atoms with Gasteiger partial charge in [0.15, 0.2) is 0 Å². The topological polar surface area (TPSA) is 21.3 Å². The normalized spacial score (nSPS) is 12.2. The van der Waals surface area contributed by atoms with Crippen molar-refractivity contribution in [3.8, 4) is 5.75 Å². The zero-order chi connectivity index (χ0) is 15.2. The highest BCUT2D eigenvalue weighted by Crippen LogP contribution is 2.27. The maximum absolute atomic E-state index is 13.6. The molecular formula is C17H19ClFNO. The lowest BCUT2D eigenvalue weighted by Gasteiger charge is -2.20. The first kappa shape index (κ1) is 15.8. The smallest absolute Gasteiger partial charge is 0.142 e. The van der Waals surface area contributed by atoms with E-state index in [1.807, 2.05) is 37.3 Å². The molecule has 112 valence electrons. The predicted octanol–water partition coefficient (Wildman–Crippen LogP) is 4.38. The molecule has 0 aliphatic rings. The number of hydrogen-bond acceptors (Lipinski definition) is 2. The third-order valence-electron chi connectivity index (χ3n) is 3.40. The van der Waals surface area contributed by atoms with Crippen LogP contribution in [0.5, 0.6) is 5.75 Å². The predicted molar refractivity (Wildman–Crippen MR) is 84.5 cm³/mol. The van der Waals surface area contributed by atoms with E-state index in [9.17, 15) is 4.39 Å². The van der Waals surface area contributed by atoms with Crippen molar-refractivity contribution < 1.29 is 9.13 Å². The van der Waals surface area contributed by atoms with Crippen molar-refractivity contribution in [2.24, 2.45) is 0 Å². The number of methoxy groups -OCH3 is 1. The summed E-state index contributed by atoms with van der Waals surface area (Å²) in [6, 6.07) is 12.8. The molecule has 0 amide bonds. The summed E-state index contributed by atoms with van der Waals surface area (Å²) in [5.41, 5.74) is 1.89. The monoisotopic (exact) mass is 307 g/mol. The van der Waals surface area contributed by atoms with Gasteiger partial charge in [-0.3, -0.25) is 0 Å². The van der Waals surface area contributed by atoms with E-state index in [0.717, 1.165) is 23.4 Å². The number of nitrogens with one attached hydrogen (secondary N) is 1. The summed E-state index contributed by atoms with van der Waals surface area (Å²) in [4.78, 5) is 0. The fourth-order valence-electron chi connectivity index (χ4n) is 2.34. The second-order valence-corrected chi connectivity index (χ2v) is 5.18. The van der Waals surface area contributed by atoms with Crippen molar-refractivity contribution in [3.63, 3.8) is 0 Å². The Morgan fingerprint density at radius 2 is 2.00 bits per heavy atom. The summed E-state index contributed by atoms with van der Waals surface area (Å²) in [5.74, 6) is 0.427. The van der Waals surface area contributed by atoms with Crippen LogP contribution in [0.1, 0.15) is 24.1 Å². The van der Waals surface area contributed by atoms with Crippen LogP contribution in [0.25, 0.3) is 0 Å². The minimum atomic E-state index is -0.380. The lowest BCUT2D eigenvalue weighted by atomic mass is 9.98. The Morgan fingerprint density at radius 3 is 2.71 bits per heavy atom. The average Bonchev–Trinajstić information content (AvgIpc) is 2.51. The van der Waals surface area contributed by atoms with Crippen LogP contribution < -0.4 is 10.1 Å². The van der Waals surface area contributed by atoms with E-state index in [2.05, 4.69) is 5.32 Å². The van der Waals surface area contributed by atoms with Gasteiger partial charge in [0.1, 0.15) is 11.6 Å². The van der Waals surface area contributed by atoms with E-state index in [1.54, 1.807) is 13.2 Å². The SMILES string of the molecule is CCNC(Cc1cccc(F)c1Cl)c1cccc(OC)c1. The Kier molecular flexibility index (Phi) is 5.59. The van der Waals surface area contributed by atoms with Crippen LogP contribution in [0.4, 0.5) is 4.39 Å². The van der Waals surface area contributed by atoms with E-state index < -0.39 is 0 Å². The van der Waals surface area contributed by atoms with Gasteiger partial charge in [0.25, 0.3) is 0 Å². The molecule has 2 nitrogen and oxygen atoms in total. The Bertz CT molecular complexity index is 603. The Hall–Kier alpha value is -1.58. The van der Waals surface area contributed by atoms with E-state index >= 15 is 0 Å². The Balaban J connectivity index is 2.28. The lowest BCUT2D eigenvalue weighted by molar-refractivity contribution is 0.413. The van der Waals surface area contributed by atoms with Crippen LogP contribution in [0.15, 0.2) is 42.5 Å². The van der Waals surface area contributed by atoms with E-state index in [4.69, 9.17) is 16.3 Å². The third-order valence-corrected chi connectivity index (χ3v) is 3.83. The summed E-state index contributed by atoms with van der Waals surface area (Å²) in [6.45, 7) is 2.86. The fraction of sp³-hybridized carbons (Fsp3) is 0.294. The molecule has 1 atom stereocenters. The minimum absolute atomic E-state index is 0.0596. The van der Waals surface area contributed by atoms with Crippen LogP contribution in [-0.2, 0) is 6.42 Å². The highest BCUT2D eigenvalue weighted by Gasteiger charge is 2.15. The van der Waals surface area contributed by atoms with E-state index in [-0.39, 0.29) is 16.9 Å². The zero-order valence-electron chi connectivity index (χ0n) is 12.2. The molecule has 0 aromatic heterocycles.